The number of hydrogen-bond donors (Lipinski definition) is 3. The molecule has 2 amide bonds. The lowest BCUT2D eigenvalue weighted by molar-refractivity contribution is -0.133. The summed E-state index contributed by atoms with van der Waals surface area (Å²) in [6.45, 7) is 1.92. The van der Waals surface area contributed by atoms with Crippen molar-refractivity contribution < 1.29 is 9.59 Å². The molecule has 0 bridgehead atoms. The summed E-state index contributed by atoms with van der Waals surface area (Å²) in [5.74, 6) is -0.651. The van der Waals surface area contributed by atoms with Crippen LogP contribution in [0.25, 0.3) is 0 Å². The van der Waals surface area contributed by atoms with E-state index in [0.717, 1.165) is 25.7 Å². The van der Waals surface area contributed by atoms with E-state index in [4.69, 9.17) is 11.5 Å². The van der Waals surface area contributed by atoms with Crippen LogP contribution in [0, 0.1) is 5.41 Å². The van der Waals surface area contributed by atoms with E-state index in [-0.39, 0.29) is 5.91 Å². The lowest BCUT2D eigenvalue weighted by Gasteiger charge is -2.27. The molecule has 0 aromatic heterocycles. The highest BCUT2D eigenvalue weighted by Gasteiger charge is 2.40. The topological polar surface area (TPSA) is 98.2 Å². The van der Waals surface area contributed by atoms with Crippen molar-refractivity contribution in [3.8, 4) is 0 Å². The van der Waals surface area contributed by atoms with Crippen LogP contribution in [0.4, 0.5) is 0 Å². The third-order valence-electron chi connectivity index (χ3n) is 3.21. The van der Waals surface area contributed by atoms with Crippen LogP contribution < -0.4 is 16.8 Å². The molecule has 15 heavy (non-hydrogen) atoms. The number of amides is 2. The summed E-state index contributed by atoms with van der Waals surface area (Å²) in [7, 11) is 0. The largest absolute Gasteiger partial charge is 0.368 e. The molecule has 0 aromatic rings. The summed E-state index contributed by atoms with van der Waals surface area (Å²) in [6, 6.07) is -0.624. The Labute approximate surface area is 89.6 Å². The second-order valence-corrected chi connectivity index (χ2v) is 4.29. The minimum Gasteiger partial charge on any atom is -0.368 e. The minimum absolute atomic E-state index is 0.131. The van der Waals surface area contributed by atoms with Crippen LogP contribution in [-0.2, 0) is 9.59 Å². The maximum absolute atomic E-state index is 11.9. The van der Waals surface area contributed by atoms with Gasteiger partial charge in [-0.3, -0.25) is 9.59 Å². The highest BCUT2D eigenvalue weighted by atomic mass is 16.2. The Morgan fingerprint density at radius 2 is 1.93 bits per heavy atom. The lowest BCUT2D eigenvalue weighted by atomic mass is 9.85. The molecule has 1 atom stereocenters. The molecule has 1 rings (SSSR count). The van der Waals surface area contributed by atoms with Gasteiger partial charge in [0, 0.05) is 6.54 Å². The number of hydrogen-bond acceptors (Lipinski definition) is 3. The SMILES string of the molecule is CC(NC(=O)C1(CN)CCCC1)C(N)=O. The summed E-state index contributed by atoms with van der Waals surface area (Å²) >= 11 is 0. The van der Waals surface area contributed by atoms with Crippen molar-refractivity contribution in [1.82, 2.24) is 5.32 Å². The van der Waals surface area contributed by atoms with Crippen molar-refractivity contribution in [1.29, 1.82) is 0 Å². The highest BCUT2D eigenvalue weighted by Crippen LogP contribution is 2.37. The van der Waals surface area contributed by atoms with Gasteiger partial charge in [0.25, 0.3) is 0 Å². The number of nitrogens with one attached hydrogen (secondary N) is 1. The van der Waals surface area contributed by atoms with Crippen LogP contribution in [0.2, 0.25) is 0 Å². The first kappa shape index (κ1) is 12.0. The lowest BCUT2D eigenvalue weighted by Crippen LogP contribution is -2.50. The average molecular weight is 213 g/mol. The molecule has 5 heteroatoms. The summed E-state index contributed by atoms with van der Waals surface area (Å²) in [5, 5.41) is 2.62. The van der Waals surface area contributed by atoms with Gasteiger partial charge in [0.15, 0.2) is 0 Å². The van der Waals surface area contributed by atoms with Gasteiger partial charge in [-0.2, -0.15) is 0 Å². The van der Waals surface area contributed by atoms with E-state index >= 15 is 0 Å². The van der Waals surface area contributed by atoms with Crippen LogP contribution in [0.1, 0.15) is 32.6 Å². The van der Waals surface area contributed by atoms with E-state index in [9.17, 15) is 9.59 Å². The van der Waals surface area contributed by atoms with Crippen LogP contribution in [0.15, 0.2) is 0 Å². The van der Waals surface area contributed by atoms with Crippen molar-refractivity contribution in [3.05, 3.63) is 0 Å². The Morgan fingerprint density at radius 1 is 1.40 bits per heavy atom. The first-order valence-electron chi connectivity index (χ1n) is 5.32. The molecule has 0 heterocycles. The number of rotatable bonds is 4. The predicted octanol–water partition coefficient (Wildman–Crippen LogP) is -0.505. The van der Waals surface area contributed by atoms with Crippen molar-refractivity contribution in [3.63, 3.8) is 0 Å². The first-order valence-corrected chi connectivity index (χ1v) is 5.32. The smallest absolute Gasteiger partial charge is 0.239 e. The molecule has 1 saturated carbocycles. The summed E-state index contributed by atoms with van der Waals surface area (Å²) in [4.78, 5) is 22.7. The number of carbonyl (C=O) groups excluding carboxylic acids is 2. The molecule has 1 aliphatic carbocycles. The highest BCUT2D eigenvalue weighted by molar-refractivity contribution is 5.89. The Morgan fingerprint density at radius 3 is 2.33 bits per heavy atom. The Bertz CT molecular complexity index is 259. The zero-order valence-electron chi connectivity index (χ0n) is 9.08. The second-order valence-electron chi connectivity index (χ2n) is 4.29. The molecule has 1 unspecified atom stereocenters. The van der Waals surface area contributed by atoms with E-state index in [1.54, 1.807) is 6.92 Å². The predicted molar refractivity (Wildman–Crippen MR) is 56.8 cm³/mol. The quantitative estimate of drug-likeness (QED) is 0.587. The van der Waals surface area contributed by atoms with Crippen molar-refractivity contribution in [2.24, 2.45) is 16.9 Å². The molecule has 1 fully saturated rings. The number of nitrogens with two attached hydrogens (primary N) is 2. The van der Waals surface area contributed by atoms with Gasteiger partial charge in [0.1, 0.15) is 6.04 Å². The maximum atomic E-state index is 11.9. The molecule has 0 spiro atoms. The molecule has 0 aromatic carbocycles. The third-order valence-corrected chi connectivity index (χ3v) is 3.21. The van der Waals surface area contributed by atoms with Crippen LogP contribution in [-0.4, -0.2) is 24.4 Å². The van der Waals surface area contributed by atoms with E-state index in [1.165, 1.54) is 0 Å². The number of carbonyl (C=O) groups is 2. The van der Waals surface area contributed by atoms with Crippen molar-refractivity contribution in [2.75, 3.05) is 6.54 Å². The normalized spacial score (nSPS) is 20.9. The Kier molecular flexibility index (Phi) is 3.68. The van der Waals surface area contributed by atoms with Gasteiger partial charge in [-0.25, -0.2) is 0 Å². The fourth-order valence-electron chi connectivity index (χ4n) is 2.00. The van der Waals surface area contributed by atoms with Gasteiger partial charge in [-0.05, 0) is 19.8 Å². The summed E-state index contributed by atoms with van der Waals surface area (Å²) in [5.41, 5.74) is 10.3. The molecule has 5 N–H and O–H groups in total. The molecule has 1 aliphatic rings. The molecule has 0 saturated heterocycles. The van der Waals surface area contributed by atoms with E-state index in [2.05, 4.69) is 5.32 Å². The minimum atomic E-state index is -0.624. The van der Waals surface area contributed by atoms with Crippen LogP contribution >= 0.6 is 0 Å². The molecule has 86 valence electrons. The monoisotopic (exact) mass is 213 g/mol. The molecule has 0 aliphatic heterocycles. The summed E-state index contributed by atoms with van der Waals surface area (Å²) in [6.07, 6.45) is 3.66. The average Bonchev–Trinajstić information content (AvgIpc) is 2.66. The molecule has 5 nitrogen and oxygen atoms in total. The molecule has 0 radical (unpaired) electrons. The Balaban J connectivity index is 2.62. The van der Waals surface area contributed by atoms with Gasteiger partial charge in [0.2, 0.25) is 11.8 Å². The van der Waals surface area contributed by atoms with Crippen molar-refractivity contribution in [2.45, 2.75) is 38.6 Å². The fraction of sp³-hybridized carbons (Fsp3) is 0.800. The zero-order chi connectivity index (χ0) is 11.5. The van der Waals surface area contributed by atoms with E-state index in [1.807, 2.05) is 0 Å². The van der Waals surface area contributed by atoms with Gasteiger partial charge in [0.05, 0.1) is 5.41 Å². The number of primary amides is 1. The van der Waals surface area contributed by atoms with Gasteiger partial charge in [-0.1, -0.05) is 12.8 Å². The van der Waals surface area contributed by atoms with E-state index in [0.29, 0.717) is 6.54 Å². The molecular formula is C10H19N3O2. The first-order chi connectivity index (χ1) is 7.02. The third kappa shape index (κ3) is 2.47. The van der Waals surface area contributed by atoms with Gasteiger partial charge in [-0.15, -0.1) is 0 Å². The van der Waals surface area contributed by atoms with Crippen LogP contribution in [0.3, 0.4) is 0 Å². The maximum Gasteiger partial charge on any atom is 0.239 e. The second kappa shape index (κ2) is 4.61. The van der Waals surface area contributed by atoms with Gasteiger partial charge < -0.3 is 16.8 Å². The van der Waals surface area contributed by atoms with Gasteiger partial charge >= 0.3 is 0 Å². The Hall–Kier alpha value is -1.10. The fourth-order valence-corrected chi connectivity index (χ4v) is 2.00. The van der Waals surface area contributed by atoms with E-state index < -0.39 is 17.4 Å². The van der Waals surface area contributed by atoms with Crippen molar-refractivity contribution >= 4 is 11.8 Å². The summed E-state index contributed by atoms with van der Waals surface area (Å²) < 4.78 is 0. The zero-order valence-corrected chi connectivity index (χ0v) is 9.08. The standard InChI is InChI=1S/C10H19N3O2/c1-7(8(12)14)13-9(15)10(6-11)4-2-3-5-10/h7H,2-6,11H2,1H3,(H2,12,14)(H,13,15). The van der Waals surface area contributed by atoms with Crippen LogP contribution in [0.5, 0.6) is 0 Å². The molecular weight excluding hydrogens is 194 g/mol.